The number of hydrogen-bond donors (Lipinski definition) is 1. The lowest BCUT2D eigenvalue weighted by atomic mass is 10.0. The van der Waals surface area contributed by atoms with Crippen LogP contribution in [0, 0.1) is 17.5 Å². The molecule has 0 heterocycles. The van der Waals surface area contributed by atoms with Gasteiger partial charge in [0.05, 0.1) is 0 Å². The van der Waals surface area contributed by atoms with Crippen LogP contribution in [0.5, 0.6) is 5.75 Å². The smallest absolute Gasteiger partial charge is 0.477 e. The van der Waals surface area contributed by atoms with E-state index in [0.29, 0.717) is 18.2 Å². The second kappa shape index (κ2) is 6.52. The number of aromatic carboxylic acids is 1. The van der Waals surface area contributed by atoms with Crippen molar-refractivity contribution in [1.82, 2.24) is 0 Å². The summed E-state index contributed by atoms with van der Waals surface area (Å²) in [4.78, 5) is 10.8. The van der Waals surface area contributed by atoms with Crippen LogP contribution in [0.4, 0.5) is 26.3 Å². The predicted molar refractivity (Wildman–Crippen MR) is 74.3 cm³/mol. The van der Waals surface area contributed by atoms with Crippen molar-refractivity contribution < 1.29 is 48.8 Å². The molecule has 1 N–H and O–H groups in total. The molecule has 0 aliphatic rings. The zero-order chi connectivity index (χ0) is 19.9. The molecular weight excluding hydrogens is 394 g/mol. The highest BCUT2D eigenvalue weighted by atomic mass is 32.2. The molecule has 0 saturated carbocycles. The molecule has 2 aromatic rings. The maximum atomic E-state index is 14.1. The number of carbonyl (C=O) groups is 1. The normalized spacial score (nSPS) is 12.1. The van der Waals surface area contributed by atoms with Gasteiger partial charge in [-0.15, -0.1) is 0 Å². The number of hydrogen-bond acceptors (Lipinski definition) is 4. The van der Waals surface area contributed by atoms with Crippen molar-refractivity contribution in [2.75, 3.05) is 0 Å². The summed E-state index contributed by atoms with van der Waals surface area (Å²) >= 11 is 0. The minimum Gasteiger partial charge on any atom is -0.477 e. The van der Waals surface area contributed by atoms with Crippen molar-refractivity contribution in [2.45, 2.75) is 5.51 Å². The summed E-state index contributed by atoms with van der Waals surface area (Å²) in [5.74, 6) is -8.06. The van der Waals surface area contributed by atoms with Crippen LogP contribution in [0.25, 0.3) is 11.1 Å². The SMILES string of the molecule is O=C(O)c1c(F)c(F)cc(-c2ccc(OS(=O)(=O)C(F)(F)F)cc2)c1F. The lowest BCUT2D eigenvalue weighted by Gasteiger charge is -2.11. The van der Waals surface area contributed by atoms with Crippen molar-refractivity contribution in [2.24, 2.45) is 0 Å². The van der Waals surface area contributed by atoms with Gasteiger partial charge in [-0.1, -0.05) is 12.1 Å². The summed E-state index contributed by atoms with van der Waals surface area (Å²) in [5, 5.41) is 8.75. The molecule has 0 saturated heterocycles. The molecule has 0 unspecified atom stereocenters. The average Bonchev–Trinajstić information content (AvgIpc) is 2.50. The van der Waals surface area contributed by atoms with Crippen LogP contribution < -0.4 is 4.18 Å². The molecule has 140 valence electrons. The largest absolute Gasteiger partial charge is 0.534 e. The van der Waals surface area contributed by atoms with E-state index in [9.17, 15) is 39.6 Å². The molecule has 0 aliphatic carbocycles. The van der Waals surface area contributed by atoms with Crippen LogP contribution in [0.3, 0.4) is 0 Å². The Morgan fingerprint density at radius 1 is 1.00 bits per heavy atom. The van der Waals surface area contributed by atoms with E-state index in [1.165, 1.54) is 0 Å². The number of halogens is 6. The summed E-state index contributed by atoms with van der Waals surface area (Å²) in [6.45, 7) is 0. The van der Waals surface area contributed by atoms with Gasteiger partial charge in [-0.25, -0.2) is 18.0 Å². The molecule has 2 aromatic carbocycles. The van der Waals surface area contributed by atoms with Gasteiger partial charge in [-0.05, 0) is 23.8 Å². The van der Waals surface area contributed by atoms with E-state index in [1.807, 2.05) is 0 Å². The third-order valence-electron chi connectivity index (χ3n) is 3.02. The quantitative estimate of drug-likeness (QED) is 0.366. The first-order chi connectivity index (χ1) is 11.8. The van der Waals surface area contributed by atoms with Crippen LogP contribution in [-0.4, -0.2) is 25.0 Å². The van der Waals surface area contributed by atoms with Gasteiger partial charge in [0.2, 0.25) is 0 Å². The molecule has 5 nitrogen and oxygen atoms in total. The Labute approximate surface area is 141 Å². The van der Waals surface area contributed by atoms with Crippen LogP contribution in [0.15, 0.2) is 30.3 Å². The predicted octanol–water partition coefficient (Wildman–Crippen LogP) is 3.70. The number of carboxylic acids is 1. The third-order valence-corrected chi connectivity index (χ3v) is 4.00. The number of carboxylic acid groups (broad SMARTS) is 1. The zero-order valence-corrected chi connectivity index (χ0v) is 13.0. The van der Waals surface area contributed by atoms with Gasteiger partial charge in [-0.2, -0.15) is 21.6 Å². The molecule has 0 fully saturated rings. The minimum absolute atomic E-state index is 0.263. The first-order valence-corrected chi connectivity index (χ1v) is 7.78. The molecule has 2 rings (SSSR count). The summed E-state index contributed by atoms with van der Waals surface area (Å²) in [6.07, 6.45) is 0. The Balaban J connectivity index is 2.46. The highest BCUT2D eigenvalue weighted by Gasteiger charge is 2.48. The van der Waals surface area contributed by atoms with E-state index in [4.69, 9.17) is 5.11 Å². The number of alkyl halides is 3. The second-order valence-corrected chi connectivity index (χ2v) is 6.26. The third kappa shape index (κ3) is 3.59. The highest BCUT2D eigenvalue weighted by Crippen LogP contribution is 2.31. The standard InChI is InChI=1S/C14H6F6O5S/c15-9-5-8(11(16)10(12(9)17)13(21)22)6-1-3-7(4-2-6)25-26(23,24)14(18,19)20/h1-5H,(H,21,22). The first-order valence-electron chi connectivity index (χ1n) is 6.37. The Morgan fingerprint density at radius 2 is 1.54 bits per heavy atom. The van der Waals surface area contributed by atoms with E-state index in [2.05, 4.69) is 4.18 Å². The van der Waals surface area contributed by atoms with E-state index < -0.39 is 55.9 Å². The average molecular weight is 400 g/mol. The van der Waals surface area contributed by atoms with Crippen LogP contribution in [0.2, 0.25) is 0 Å². The van der Waals surface area contributed by atoms with Crippen molar-refractivity contribution in [3.05, 3.63) is 53.3 Å². The van der Waals surface area contributed by atoms with Gasteiger partial charge in [-0.3, -0.25) is 0 Å². The van der Waals surface area contributed by atoms with Gasteiger partial charge in [0.1, 0.15) is 17.1 Å². The summed E-state index contributed by atoms with van der Waals surface area (Å²) < 4.78 is 103. The van der Waals surface area contributed by atoms with Crippen molar-refractivity contribution in [1.29, 1.82) is 0 Å². The van der Waals surface area contributed by atoms with Gasteiger partial charge < -0.3 is 9.29 Å². The highest BCUT2D eigenvalue weighted by molar-refractivity contribution is 7.88. The van der Waals surface area contributed by atoms with E-state index >= 15 is 0 Å². The molecular formula is C14H6F6O5S. The summed E-state index contributed by atoms with van der Waals surface area (Å²) in [7, 11) is -5.93. The zero-order valence-electron chi connectivity index (χ0n) is 12.1. The summed E-state index contributed by atoms with van der Waals surface area (Å²) in [6, 6.07) is 3.41. The van der Waals surface area contributed by atoms with Gasteiger partial charge in [0, 0.05) is 5.56 Å². The van der Waals surface area contributed by atoms with Crippen molar-refractivity contribution in [3.8, 4) is 16.9 Å². The molecule has 26 heavy (non-hydrogen) atoms. The molecule has 0 bridgehead atoms. The lowest BCUT2D eigenvalue weighted by molar-refractivity contribution is -0.0500. The monoisotopic (exact) mass is 400 g/mol. The molecule has 12 heteroatoms. The van der Waals surface area contributed by atoms with E-state index in [1.54, 1.807) is 0 Å². The molecule has 0 spiro atoms. The minimum atomic E-state index is -5.93. The topological polar surface area (TPSA) is 80.7 Å². The molecule has 0 atom stereocenters. The van der Waals surface area contributed by atoms with Gasteiger partial charge in [0.25, 0.3) is 0 Å². The first kappa shape index (κ1) is 19.6. The van der Waals surface area contributed by atoms with Crippen molar-refractivity contribution in [3.63, 3.8) is 0 Å². The Hall–Kier alpha value is -2.76. The van der Waals surface area contributed by atoms with Gasteiger partial charge >= 0.3 is 21.6 Å². The fraction of sp³-hybridized carbons (Fsp3) is 0.0714. The van der Waals surface area contributed by atoms with Crippen LogP contribution >= 0.6 is 0 Å². The maximum Gasteiger partial charge on any atom is 0.534 e. The maximum absolute atomic E-state index is 14.1. The number of benzene rings is 2. The molecule has 0 aromatic heterocycles. The summed E-state index contributed by atoms with van der Waals surface area (Å²) in [5.41, 5.74) is -8.19. The van der Waals surface area contributed by atoms with Crippen LogP contribution in [-0.2, 0) is 10.1 Å². The fourth-order valence-corrected chi connectivity index (χ4v) is 2.32. The Morgan fingerprint density at radius 3 is 2.00 bits per heavy atom. The van der Waals surface area contributed by atoms with Gasteiger partial charge in [0.15, 0.2) is 11.6 Å². The molecule has 0 aliphatic heterocycles. The molecule has 0 amide bonds. The number of rotatable bonds is 4. The van der Waals surface area contributed by atoms with Crippen LogP contribution in [0.1, 0.15) is 10.4 Å². The van der Waals surface area contributed by atoms with E-state index in [-0.39, 0.29) is 5.56 Å². The second-order valence-electron chi connectivity index (χ2n) is 4.72. The van der Waals surface area contributed by atoms with E-state index in [0.717, 1.165) is 12.1 Å². The lowest BCUT2D eigenvalue weighted by Crippen LogP contribution is -2.28. The van der Waals surface area contributed by atoms with Crippen molar-refractivity contribution >= 4 is 16.1 Å². The Kier molecular flexibility index (Phi) is 4.90. The Bertz CT molecular complexity index is 967. The molecule has 0 radical (unpaired) electrons. The fourth-order valence-electron chi connectivity index (χ4n) is 1.87.